The number of aromatic nitrogens is 3. The lowest BCUT2D eigenvalue weighted by Gasteiger charge is -2.21. The topological polar surface area (TPSA) is 63.2 Å². The van der Waals surface area contributed by atoms with Crippen molar-refractivity contribution in [3.63, 3.8) is 0 Å². The molecule has 0 saturated carbocycles. The van der Waals surface area contributed by atoms with Gasteiger partial charge in [0.1, 0.15) is 5.75 Å². The minimum Gasteiger partial charge on any atom is -0.497 e. The fraction of sp³-hybridized carbons (Fsp3) is 0.500. The fourth-order valence-electron chi connectivity index (χ4n) is 2.49. The molecule has 6 heteroatoms. The molecule has 0 bridgehead atoms. The van der Waals surface area contributed by atoms with Crippen LogP contribution in [-0.2, 0) is 6.42 Å². The summed E-state index contributed by atoms with van der Waals surface area (Å²) in [6, 6.07) is 8.11. The summed E-state index contributed by atoms with van der Waals surface area (Å²) in [6.07, 6.45) is 4.72. The smallest absolute Gasteiger partial charge is 0.247 e. The van der Waals surface area contributed by atoms with Crippen LogP contribution in [0.25, 0.3) is 0 Å². The van der Waals surface area contributed by atoms with Crippen LogP contribution in [0.3, 0.4) is 0 Å². The van der Waals surface area contributed by atoms with Crippen LogP contribution in [0.15, 0.2) is 30.5 Å². The van der Waals surface area contributed by atoms with Crippen LogP contribution in [0.2, 0.25) is 0 Å². The Kier molecular flexibility index (Phi) is 7.26. The van der Waals surface area contributed by atoms with E-state index < -0.39 is 0 Å². The zero-order valence-corrected chi connectivity index (χ0v) is 14.8. The molecule has 1 aromatic carbocycles. The molecular weight excluding hydrogens is 302 g/mol. The molecule has 24 heavy (non-hydrogen) atoms. The predicted molar refractivity (Wildman–Crippen MR) is 97.8 cm³/mol. The molecule has 0 radical (unpaired) electrons. The molecular formula is C18H27N5O. The van der Waals surface area contributed by atoms with Crippen LogP contribution < -0.4 is 15.0 Å². The highest BCUT2D eigenvalue weighted by atomic mass is 16.5. The average molecular weight is 329 g/mol. The molecule has 1 heterocycles. The van der Waals surface area contributed by atoms with E-state index in [1.807, 2.05) is 12.1 Å². The second-order valence-electron chi connectivity index (χ2n) is 5.65. The summed E-state index contributed by atoms with van der Waals surface area (Å²) >= 11 is 0. The van der Waals surface area contributed by atoms with E-state index in [1.54, 1.807) is 13.3 Å². The van der Waals surface area contributed by atoms with Crippen molar-refractivity contribution in [2.24, 2.45) is 0 Å². The van der Waals surface area contributed by atoms with E-state index in [9.17, 15) is 0 Å². The molecule has 0 aliphatic rings. The molecule has 0 atom stereocenters. The molecule has 0 aliphatic heterocycles. The summed E-state index contributed by atoms with van der Waals surface area (Å²) in [5.74, 6) is 2.35. The standard InChI is InChI=1S/C18H27N5O/c1-4-12-23(13-5-2)18-21-17(14-20-22-18)19-11-10-15-6-8-16(24-3)9-7-15/h6-9,14H,4-5,10-13H2,1-3H3,(H,19,21,22). The number of ether oxygens (including phenoxy) is 1. The highest BCUT2D eigenvalue weighted by Gasteiger charge is 2.09. The second-order valence-corrected chi connectivity index (χ2v) is 5.65. The number of benzene rings is 1. The SMILES string of the molecule is CCCN(CCC)c1nncc(NCCc2ccc(OC)cc2)n1. The molecule has 0 spiro atoms. The lowest BCUT2D eigenvalue weighted by molar-refractivity contribution is 0.414. The Balaban J connectivity index is 1.91. The van der Waals surface area contributed by atoms with Crippen molar-refractivity contribution in [2.75, 3.05) is 37.0 Å². The van der Waals surface area contributed by atoms with Gasteiger partial charge in [0.15, 0.2) is 5.82 Å². The van der Waals surface area contributed by atoms with Gasteiger partial charge in [-0.2, -0.15) is 10.1 Å². The van der Waals surface area contributed by atoms with Gasteiger partial charge in [0.2, 0.25) is 5.95 Å². The number of hydrogen-bond acceptors (Lipinski definition) is 6. The van der Waals surface area contributed by atoms with Crippen molar-refractivity contribution in [2.45, 2.75) is 33.1 Å². The maximum atomic E-state index is 5.17. The van der Waals surface area contributed by atoms with Crippen LogP contribution in [0.1, 0.15) is 32.3 Å². The van der Waals surface area contributed by atoms with Crippen molar-refractivity contribution >= 4 is 11.8 Å². The summed E-state index contributed by atoms with van der Waals surface area (Å²) < 4.78 is 5.17. The zero-order chi connectivity index (χ0) is 17.2. The minimum atomic E-state index is 0.702. The Morgan fingerprint density at radius 2 is 1.79 bits per heavy atom. The van der Waals surface area contributed by atoms with Crippen molar-refractivity contribution in [3.05, 3.63) is 36.0 Å². The largest absolute Gasteiger partial charge is 0.497 e. The van der Waals surface area contributed by atoms with Crippen molar-refractivity contribution in [1.82, 2.24) is 15.2 Å². The zero-order valence-electron chi connectivity index (χ0n) is 14.8. The summed E-state index contributed by atoms with van der Waals surface area (Å²) in [7, 11) is 1.68. The fourth-order valence-corrected chi connectivity index (χ4v) is 2.49. The molecule has 0 saturated heterocycles. The highest BCUT2D eigenvalue weighted by Crippen LogP contribution is 2.13. The summed E-state index contributed by atoms with van der Waals surface area (Å²) in [5.41, 5.74) is 1.25. The predicted octanol–water partition coefficient (Wildman–Crippen LogP) is 3.16. The third-order valence-corrected chi connectivity index (χ3v) is 3.70. The quantitative estimate of drug-likeness (QED) is 0.722. The maximum absolute atomic E-state index is 5.17. The van der Waals surface area contributed by atoms with Gasteiger partial charge in [0, 0.05) is 19.6 Å². The summed E-state index contributed by atoms with van der Waals surface area (Å²) in [5, 5.41) is 11.6. The van der Waals surface area contributed by atoms with Gasteiger partial charge < -0.3 is 15.0 Å². The molecule has 130 valence electrons. The van der Waals surface area contributed by atoms with Gasteiger partial charge in [-0.3, -0.25) is 0 Å². The Morgan fingerprint density at radius 1 is 1.08 bits per heavy atom. The van der Waals surface area contributed by atoms with Gasteiger partial charge in [-0.15, -0.1) is 5.10 Å². The van der Waals surface area contributed by atoms with Crippen LogP contribution in [0.4, 0.5) is 11.8 Å². The first kappa shape index (κ1) is 18.0. The number of nitrogens with zero attached hydrogens (tertiary/aromatic N) is 4. The van der Waals surface area contributed by atoms with Crippen LogP contribution in [0.5, 0.6) is 5.75 Å². The highest BCUT2D eigenvalue weighted by molar-refractivity contribution is 5.39. The molecule has 1 N–H and O–H groups in total. The Hall–Kier alpha value is -2.37. The Morgan fingerprint density at radius 3 is 2.42 bits per heavy atom. The van der Waals surface area contributed by atoms with E-state index >= 15 is 0 Å². The molecule has 0 aliphatic carbocycles. The average Bonchev–Trinajstić information content (AvgIpc) is 2.62. The van der Waals surface area contributed by atoms with E-state index in [1.165, 1.54) is 5.56 Å². The van der Waals surface area contributed by atoms with E-state index in [0.717, 1.165) is 50.5 Å². The summed E-state index contributed by atoms with van der Waals surface area (Å²) in [6.45, 7) is 7.02. The molecule has 1 aromatic heterocycles. The third-order valence-electron chi connectivity index (χ3n) is 3.70. The van der Waals surface area contributed by atoms with Crippen LogP contribution in [-0.4, -0.2) is 41.9 Å². The molecule has 6 nitrogen and oxygen atoms in total. The van der Waals surface area contributed by atoms with Gasteiger partial charge in [-0.25, -0.2) is 0 Å². The number of anilines is 2. The first-order valence-corrected chi connectivity index (χ1v) is 8.58. The lowest BCUT2D eigenvalue weighted by atomic mass is 10.1. The van der Waals surface area contributed by atoms with E-state index in [2.05, 4.69) is 51.4 Å². The number of hydrogen-bond donors (Lipinski definition) is 1. The molecule has 2 aromatic rings. The van der Waals surface area contributed by atoms with E-state index in [4.69, 9.17) is 4.74 Å². The molecule has 0 unspecified atom stereocenters. The first-order valence-electron chi connectivity index (χ1n) is 8.58. The van der Waals surface area contributed by atoms with Gasteiger partial charge in [-0.1, -0.05) is 26.0 Å². The lowest BCUT2D eigenvalue weighted by Crippen LogP contribution is -2.27. The van der Waals surface area contributed by atoms with Gasteiger partial charge >= 0.3 is 0 Å². The number of nitrogens with one attached hydrogen (secondary N) is 1. The maximum Gasteiger partial charge on any atom is 0.247 e. The normalized spacial score (nSPS) is 10.5. The molecule has 0 amide bonds. The van der Waals surface area contributed by atoms with Crippen LogP contribution >= 0.6 is 0 Å². The van der Waals surface area contributed by atoms with Gasteiger partial charge in [-0.05, 0) is 37.0 Å². The number of rotatable bonds is 10. The van der Waals surface area contributed by atoms with Gasteiger partial charge in [0.25, 0.3) is 0 Å². The van der Waals surface area contributed by atoms with Crippen molar-refractivity contribution in [1.29, 1.82) is 0 Å². The van der Waals surface area contributed by atoms with E-state index in [0.29, 0.717) is 5.95 Å². The summed E-state index contributed by atoms with van der Waals surface area (Å²) in [4.78, 5) is 6.77. The minimum absolute atomic E-state index is 0.702. The van der Waals surface area contributed by atoms with Crippen LogP contribution in [0, 0.1) is 0 Å². The van der Waals surface area contributed by atoms with Crippen molar-refractivity contribution in [3.8, 4) is 5.75 Å². The van der Waals surface area contributed by atoms with E-state index in [-0.39, 0.29) is 0 Å². The Labute approximate surface area is 144 Å². The number of methoxy groups -OCH3 is 1. The monoisotopic (exact) mass is 329 g/mol. The second kappa shape index (κ2) is 9.70. The third kappa shape index (κ3) is 5.37. The van der Waals surface area contributed by atoms with Crippen molar-refractivity contribution < 1.29 is 4.74 Å². The van der Waals surface area contributed by atoms with Gasteiger partial charge in [0.05, 0.1) is 13.3 Å². The molecule has 0 fully saturated rings. The Bertz CT molecular complexity index is 597. The first-order chi connectivity index (χ1) is 11.8. The molecule has 2 rings (SSSR count).